The second-order valence-electron chi connectivity index (χ2n) is 3.62. The molecule has 1 aromatic carbocycles. The first-order valence-electron chi connectivity index (χ1n) is 5.24. The maximum Gasteiger partial charge on any atom is 0.322 e. The lowest BCUT2D eigenvalue weighted by Crippen LogP contribution is -2.31. The molecule has 1 aromatic rings. The molecule has 0 saturated heterocycles. The number of carbonyl (C=O) groups is 1. The molecule has 1 unspecified atom stereocenters. The molecule has 0 amide bonds. The molecule has 94 valence electrons. The third kappa shape index (κ3) is 3.71. The highest BCUT2D eigenvalue weighted by Gasteiger charge is 2.14. The highest BCUT2D eigenvalue weighted by molar-refractivity contribution is 5.75. The lowest BCUT2D eigenvalue weighted by Gasteiger charge is -2.11. The van der Waals surface area contributed by atoms with E-state index in [0.29, 0.717) is 24.2 Å². The Labute approximate surface area is 99.5 Å². The van der Waals surface area contributed by atoms with Gasteiger partial charge in [0.2, 0.25) is 0 Å². The number of esters is 1. The van der Waals surface area contributed by atoms with E-state index in [2.05, 4.69) is 4.74 Å². The Morgan fingerprint density at radius 3 is 2.76 bits per heavy atom. The fourth-order valence-electron chi connectivity index (χ4n) is 1.52. The minimum atomic E-state index is -0.701. The van der Waals surface area contributed by atoms with Crippen molar-refractivity contribution in [2.45, 2.75) is 18.9 Å². The Kier molecular flexibility index (Phi) is 4.90. The quantitative estimate of drug-likeness (QED) is 0.788. The predicted octanol–water partition coefficient (Wildman–Crippen LogP) is 1.27. The molecule has 0 bridgehead atoms. The summed E-state index contributed by atoms with van der Waals surface area (Å²) in [6.07, 6.45) is 0.837. The highest BCUT2D eigenvalue weighted by Crippen LogP contribution is 2.21. The molecule has 1 atom stereocenters. The Balaban J connectivity index is 2.68. The van der Waals surface area contributed by atoms with Gasteiger partial charge in [-0.2, -0.15) is 0 Å². The van der Waals surface area contributed by atoms with Gasteiger partial charge in [0.1, 0.15) is 17.6 Å². The highest BCUT2D eigenvalue weighted by atomic mass is 19.1. The first-order valence-corrected chi connectivity index (χ1v) is 5.24. The molecule has 0 fully saturated rings. The van der Waals surface area contributed by atoms with Gasteiger partial charge < -0.3 is 15.2 Å². The van der Waals surface area contributed by atoms with Crippen LogP contribution < -0.4 is 10.5 Å². The topological polar surface area (TPSA) is 61.5 Å². The number of methoxy groups -OCH3 is 2. The zero-order valence-corrected chi connectivity index (χ0v) is 9.90. The van der Waals surface area contributed by atoms with E-state index in [-0.39, 0.29) is 5.82 Å². The lowest BCUT2D eigenvalue weighted by atomic mass is 10.0. The summed E-state index contributed by atoms with van der Waals surface area (Å²) in [6.45, 7) is 0. The molecule has 0 aromatic heterocycles. The number of nitrogens with two attached hydrogens (primary N) is 1. The number of halogens is 1. The minimum absolute atomic E-state index is 0.340. The van der Waals surface area contributed by atoms with Crippen LogP contribution in [0.25, 0.3) is 0 Å². The smallest absolute Gasteiger partial charge is 0.322 e. The summed E-state index contributed by atoms with van der Waals surface area (Å²) in [5, 5.41) is 0. The van der Waals surface area contributed by atoms with Crippen molar-refractivity contribution in [2.24, 2.45) is 5.73 Å². The first-order chi connectivity index (χ1) is 8.08. The maximum absolute atomic E-state index is 13.1. The molecular weight excluding hydrogens is 225 g/mol. The first kappa shape index (κ1) is 13.4. The third-order valence-corrected chi connectivity index (χ3v) is 2.47. The van der Waals surface area contributed by atoms with Crippen molar-refractivity contribution in [1.82, 2.24) is 0 Å². The zero-order chi connectivity index (χ0) is 12.8. The fourth-order valence-corrected chi connectivity index (χ4v) is 1.52. The summed E-state index contributed by atoms with van der Waals surface area (Å²) in [7, 11) is 2.79. The van der Waals surface area contributed by atoms with E-state index in [9.17, 15) is 9.18 Å². The molecule has 2 N–H and O–H groups in total. The van der Waals surface area contributed by atoms with E-state index in [1.807, 2.05) is 0 Å². The Morgan fingerprint density at radius 1 is 1.47 bits per heavy atom. The summed E-state index contributed by atoms with van der Waals surface area (Å²) in [5.74, 6) is -0.226. The monoisotopic (exact) mass is 241 g/mol. The Hall–Kier alpha value is -1.62. The lowest BCUT2D eigenvalue weighted by molar-refractivity contribution is -0.142. The second kappa shape index (κ2) is 6.20. The molecule has 0 aliphatic carbocycles. The standard InChI is InChI=1S/C12H16FNO3/c1-16-11-6-4-9(13)7-8(11)3-5-10(14)12(15)17-2/h4,6-7,10H,3,5,14H2,1-2H3. The molecule has 0 radical (unpaired) electrons. The molecule has 0 aliphatic rings. The van der Waals surface area contributed by atoms with Crippen molar-refractivity contribution in [3.8, 4) is 5.75 Å². The largest absolute Gasteiger partial charge is 0.496 e. The fraction of sp³-hybridized carbons (Fsp3) is 0.417. The van der Waals surface area contributed by atoms with Crippen LogP contribution in [0.1, 0.15) is 12.0 Å². The van der Waals surface area contributed by atoms with E-state index in [1.54, 1.807) is 6.07 Å². The number of ether oxygens (including phenoxy) is 2. The Morgan fingerprint density at radius 2 is 2.18 bits per heavy atom. The average molecular weight is 241 g/mol. The molecule has 0 spiro atoms. The van der Waals surface area contributed by atoms with Crippen molar-refractivity contribution < 1.29 is 18.7 Å². The van der Waals surface area contributed by atoms with Gasteiger partial charge in [0.25, 0.3) is 0 Å². The van der Waals surface area contributed by atoms with Gasteiger partial charge >= 0.3 is 5.97 Å². The van der Waals surface area contributed by atoms with Gasteiger partial charge in [-0.3, -0.25) is 4.79 Å². The second-order valence-corrected chi connectivity index (χ2v) is 3.62. The van der Waals surface area contributed by atoms with Crippen LogP contribution in [-0.2, 0) is 16.0 Å². The van der Waals surface area contributed by atoms with E-state index in [0.717, 1.165) is 0 Å². The SMILES string of the molecule is COC(=O)C(N)CCc1cc(F)ccc1OC. The van der Waals surface area contributed by atoms with Crippen LogP contribution in [0.3, 0.4) is 0 Å². The van der Waals surface area contributed by atoms with Gasteiger partial charge in [-0.15, -0.1) is 0 Å². The van der Waals surface area contributed by atoms with Crippen LogP contribution >= 0.6 is 0 Å². The molecule has 4 nitrogen and oxygen atoms in total. The summed E-state index contributed by atoms with van der Waals surface area (Å²) in [6, 6.07) is 3.55. The number of rotatable bonds is 5. The summed E-state index contributed by atoms with van der Waals surface area (Å²) in [5.41, 5.74) is 6.28. The van der Waals surface area contributed by atoms with Gasteiger partial charge in [0.15, 0.2) is 0 Å². The van der Waals surface area contributed by atoms with E-state index < -0.39 is 12.0 Å². The van der Waals surface area contributed by atoms with Gasteiger partial charge in [-0.05, 0) is 36.6 Å². The molecule has 17 heavy (non-hydrogen) atoms. The number of hydrogen-bond acceptors (Lipinski definition) is 4. The molecule has 0 heterocycles. The predicted molar refractivity (Wildman–Crippen MR) is 61.3 cm³/mol. The summed E-state index contributed by atoms with van der Waals surface area (Å²) in [4.78, 5) is 11.1. The third-order valence-electron chi connectivity index (χ3n) is 2.47. The Bertz CT molecular complexity index is 395. The maximum atomic E-state index is 13.1. The summed E-state index contributed by atoms with van der Waals surface area (Å²) >= 11 is 0. The van der Waals surface area contributed by atoms with Crippen LogP contribution in [0, 0.1) is 5.82 Å². The minimum Gasteiger partial charge on any atom is -0.496 e. The van der Waals surface area contributed by atoms with E-state index in [1.165, 1.54) is 26.4 Å². The molecule has 0 aliphatic heterocycles. The van der Waals surface area contributed by atoms with Gasteiger partial charge in [-0.25, -0.2) is 4.39 Å². The van der Waals surface area contributed by atoms with Crippen LogP contribution in [-0.4, -0.2) is 26.2 Å². The number of aryl methyl sites for hydroxylation is 1. The molecule has 5 heteroatoms. The van der Waals surface area contributed by atoms with E-state index in [4.69, 9.17) is 10.5 Å². The van der Waals surface area contributed by atoms with Crippen LogP contribution in [0.4, 0.5) is 4.39 Å². The van der Waals surface area contributed by atoms with Crippen LogP contribution in [0.15, 0.2) is 18.2 Å². The summed E-state index contributed by atoms with van der Waals surface area (Å²) < 4.78 is 22.7. The van der Waals surface area contributed by atoms with Gasteiger partial charge in [0, 0.05) is 0 Å². The number of hydrogen-bond donors (Lipinski definition) is 1. The van der Waals surface area contributed by atoms with Crippen molar-refractivity contribution in [3.05, 3.63) is 29.6 Å². The van der Waals surface area contributed by atoms with Crippen LogP contribution in [0.5, 0.6) is 5.75 Å². The molecular formula is C12H16FNO3. The zero-order valence-electron chi connectivity index (χ0n) is 9.90. The van der Waals surface area contributed by atoms with Crippen molar-refractivity contribution in [1.29, 1.82) is 0 Å². The van der Waals surface area contributed by atoms with E-state index >= 15 is 0 Å². The number of benzene rings is 1. The van der Waals surface area contributed by atoms with Crippen molar-refractivity contribution in [2.75, 3.05) is 14.2 Å². The number of carbonyl (C=O) groups excluding carboxylic acids is 1. The van der Waals surface area contributed by atoms with Crippen molar-refractivity contribution >= 4 is 5.97 Å². The van der Waals surface area contributed by atoms with Crippen LogP contribution in [0.2, 0.25) is 0 Å². The molecule has 0 saturated carbocycles. The normalized spacial score (nSPS) is 12.0. The van der Waals surface area contributed by atoms with Gasteiger partial charge in [0.05, 0.1) is 14.2 Å². The average Bonchev–Trinajstić information content (AvgIpc) is 2.35. The van der Waals surface area contributed by atoms with Gasteiger partial charge in [-0.1, -0.05) is 0 Å². The van der Waals surface area contributed by atoms with Crippen molar-refractivity contribution in [3.63, 3.8) is 0 Å². The molecule has 1 rings (SSSR count).